The summed E-state index contributed by atoms with van der Waals surface area (Å²) in [6.07, 6.45) is 2.58. The number of anilines is 2. The molecule has 1 fully saturated rings. The highest BCUT2D eigenvalue weighted by molar-refractivity contribution is 5.58. The van der Waals surface area contributed by atoms with E-state index in [0.29, 0.717) is 5.69 Å². The molecule has 25 heavy (non-hydrogen) atoms. The quantitative estimate of drug-likeness (QED) is 0.741. The standard InChI is InChI=1S/C18H25N5O2/c1-25-17-6-3-2-5-16(17)23-13-11-22(12-14-23)10-4-8-19-15-7-9-20-21-18(15)24/h2-3,5-7,9H,4,8,10-14H2,1H3,(H,19,20)(H,21,24). The number of ether oxygens (including phenoxy) is 1. The maximum atomic E-state index is 11.5. The third-order valence-corrected chi connectivity index (χ3v) is 4.49. The molecule has 0 saturated carbocycles. The Kier molecular flexibility index (Phi) is 5.90. The minimum absolute atomic E-state index is 0.173. The lowest BCUT2D eigenvalue weighted by molar-refractivity contribution is 0.256. The van der Waals surface area contributed by atoms with Crippen LogP contribution in [-0.4, -0.2) is 61.5 Å². The van der Waals surface area contributed by atoms with E-state index in [1.165, 1.54) is 5.69 Å². The van der Waals surface area contributed by atoms with Crippen molar-refractivity contribution in [1.29, 1.82) is 0 Å². The normalized spacial score (nSPS) is 15.2. The van der Waals surface area contributed by atoms with E-state index < -0.39 is 0 Å². The number of hydrogen-bond donors (Lipinski definition) is 2. The van der Waals surface area contributed by atoms with Gasteiger partial charge in [0.25, 0.3) is 5.56 Å². The average molecular weight is 343 g/mol. The van der Waals surface area contributed by atoms with E-state index in [4.69, 9.17) is 4.74 Å². The lowest BCUT2D eigenvalue weighted by atomic mass is 10.2. The largest absolute Gasteiger partial charge is 0.495 e. The highest BCUT2D eigenvalue weighted by Gasteiger charge is 2.18. The van der Waals surface area contributed by atoms with Gasteiger partial charge in [0.1, 0.15) is 11.4 Å². The summed E-state index contributed by atoms with van der Waals surface area (Å²) in [5.74, 6) is 0.933. The zero-order chi connectivity index (χ0) is 17.5. The summed E-state index contributed by atoms with van der Waals surface area (Å²) in [7, 11) is 1.72. The first-order valence-corrected chi connectivity index (χ1v) is 8.66. The summed E-state index contributed by atoms with van der Waals surface area (Å²) in [6, 6.07) is 9.87. The molecule has 1 aliphatic heterocycles. The number of para-hydroxylation sites is 2. The highest BCUT2D eigenvalue weighted by atomic mass is 16.5. The fourth-order valence-electron chi connectivity index (χ4n) is 3.11. The van der Waals surface area contributed by atoms with Gasteiger partial charge < -0.3 is 15.0 Å². The van der Waals surface area contributed by atoms with Gasteiger partial charge in [-0.25, -0.2) is 5.10 Å². The van der Waals surface area contributed by atoms with Gasteiger partial charge in [0.05, 0.1) is 12.8 Å². The van der Waals surface area contributed by atoms with Crippen LogP contribution in [0.3, 0.4) is 0 Å². The fraction of sp³-hybridized carbons (Fsp3) is 0.444. The molecule has 0 unspecified atom stereocenters. The van der Waals surface area contributed by atoms with Crippen LogP contribution in [-0.2, 0) is 0 Å². The Hall–Kier alpha value is -2.54. The summed E-state index contributed by atoms with van der Waals surface area (Å²) in [5, 5.41) is 9.28. The first kappa shape index (κ1) is 17.3. The van der Waals surface area contributed by atoms with E-state index in [0.717, 1.165) is 51.4 Å². The second kappa shape index (κ2) is 8.53. The van der Waals surface area contributed by atoms with E-state index in [1.807, 2.05) is 12.1 Å². The molecule has 1 aromatic carbocycles. The molecule has 1 aliphatic rings. The van der Waals surface area contributed by atoms with Crippen LogP contribution in [0.15, 0.2) is 41.3 Å². The number of aromatic amines is 1. The number of methoxy groups -OCH3 is 1. The van der Waals surface area contributed by atoms with Crippen molar-refractivity contribution in [2.24, 2.45) is 0 Å². The van der Waals surface area contributed by atoms with Crippen LogP contribution in [0.1, 0.15) is 6.42 Å². The molecule has 2 aromatic rings. The Morgan fingerprint density at radius 3 is 2.76 bits per heavy atom. The number of benzene rings is 1. The molecular weight excluding hydrogens is 318 g/mol. The molecular formula is C18H25N5O2. The molecule has 7 heteroatoms. The molecule has 0 spiro atoms. The SMILES string of the molecule is COc1ccccc1N1CCN(CCCNc2ccn[nH]c2=O)CC1. The summed E-state index contributed by atoms with van der Waals surface area (Å²) in [5.41, 5.74) is 1.58. The molecule has 0 atom stereocenters. The summed E-state index contributed by atoms with van der Waals surface area (Å²) < 4.78 is 5.46. The number of nitrogens with one attached hydrogen (secondary N) is 2. The van der Waals surface area contributed by atoms with Gasteiger partial charge in [0.2, 0.25) is 0 Å². The van der Waals surface area contributed by atoms with Gasteiger partial charge in [-0.2, -0.15) is 5.10 Å². The number of aromatic nitrogens is 2. The van der Waals surface area contributed by atoms with Crippen molar-refractivity contribution < 1.29 is 4.74 Å². The molecule has 7 nitrogen and oxygen atoms in total. The molecule has 1 aromatic heterocycles. The van der Waals surface area contributed by atoms with E-state index in [2.05, 4.69) is 37.4 Å². The predicted molar refractivity (Wildman–Crippen MR) is 99.6 cm³/mol. The molecule has 3 rings (SSSR count). The van der Waals surface area contributed by atoms with Crippen molar-refractivity contribution in [3.8, 4) is 5.75 Å². The third-order valence-electron chi connectivity index (χ3n) is 4.49. The van der Waals surface area contributed by atoms with E-state index in [1.54, 1.807) is 19.4 Å². The van der Waals surface area contributed by atoms with E-state index >= 15 is 0 Å². The van der Waals surface area contributed by atoms with Crippen molar-refractivity contribution in [3.05, 3.63) is 46.9 Å². The summed E-state index contributed by atoms with van der Waals surface area (Å²) in [6.45, 7) is 5.87. The maximum absolute atomic E-state index is 11.5. The minimum Gasteiger partial charge on any atom is -0.495 e. The lowest BCUT2D eigenvalue weighted by Gasteiger charge is -2.36. The number of rotatable bonds is 7. The Bertz CT molecular complexity index is 725. The molecule has 0 bridgehead atoms. The number of nitrogens with zero attached hydrogens (tertiary/aromatic N) is 3. The van der Waals surface area contributed by atoms with Gasteiger partial charge in [-0.3, -0.25) is 9.69 Å². The van der Waals surface area contributed by atoms with Gasteiger partial charge in [-0.1, -0.05) is 12.1 Å². The molecule has 1 saturated heterocycles. The van der Waals surface area contributed by atoms with Crippen LogP contribution < -0.4 is 20.5 Å². The molecule has 0 amide bonds. The van der Waals surface area contributed by atoms with Gasteiger partial charge in [0, 0.05) is 38.9 Å². The fourth-order valence-corrected chi connectivity index (χ4v) is 3.11. The van der Waals surface area contributed by atoms with E-state index in [9.17, 15) is 4.79 Å². The first-order valence-electron chi connectivity index (χ1n) is 8.66. The van der Waals surface area contributed by atoms with Crippen molar-refractivity contribution in [2.45, 2.75) is 6.42 Å². The average Bonchev–Trinajstić information content (AvgIpc) is 2.67. The number of piperazine rings is 1. The molecule has 2 heterocycles. The maximum Gasteiger partial charge on any atom is 0.287 e. The van der Waals surface area contributed by atoms with Crippen molar-refractivity contribution in [2.75, 3.05) is 56.6 Å². The summed E-state index contributed by atoms with van der Waals surface area (Å²) in [4.78, 5) is 16.4. The molecule has 0 aliphatic carbocycles. The number of hydrogen-bond acceptors (Lipinski definition) is 6. The van der Waals surface area contributed by atoms with Gasteiger partial charge >= 0.3 is 0 Å². The highest BCUT2D eigenvalue weighted by Crippen LogP contribution is 2.28. The zero-order valence-corrected chi connectivity index (χ0v) is 14.6. The predicted octanol–water partition coefficient (Wildman–Crippen LogP) is 1.40. The first-order chi connectivity index (χ1) is 12.3. The molecule has 2 N–H and O–H groups in total. The van der Waals surface area contributed by atoms with Crippen LogP contribution in [0.25, 0.3) is 0 Å². The number of H-pyrrole nitrogens is 1. The molecule has 0 radical (unpaired) electrons. The zero-order valence-electron chi connectivity index (χ0n) is 14.6. The third kappa shape index (κ3) is 4.51. The van der Waals surface area contributed by atoms with Crippen LogP contribution in [0.4, 0.5) is 11.4 Å². The van der Waals surface area contributed by atoms with E-state index in [-0.39, 0.29) is 5.56 Å². The Balaban J connectivity index is 1.41. The Morgan fingerprint density at radius 1 is 1.20 bits per heavy atom. The second-order valence-electron chi connectivity index (χ2n) is 6.08. The monoisotopic (exact) mass is 343 g/mol. The summed E-state index contributed by atoms with van der Waals surface area (Å²) >= 11 is 0. The Labute approximate surface area is 147 Å². The van der Waals surface area contributed by atoms with Crippen molar-refractivity contribution in [1.82, 2.24) is 15.1 Å². The smallest absolute Gasteiger partial charge is 0.287 e. The van der Waals surface area contributed by atoms with Crippen LogP contribution >= 0.6 is 0 Å². The van der Waals surface area contributed by atoms with Crippen molar-refractivity contribution in [3.63, 3.8) is 0 Å². The van der Waals surface area contributed by atoms with Crippen molar-refractivity contribution >= 4 is 11.4 Å². The topological polar surface area (TPSA) is 73.5 Å². The Morgan fingerprint density at radius 2 is 2.00 bits per heavy atom. The lowest BCUT2D eigenvalue weighted by Crippen LogP contribution is -2.47. The minimum atomic E-state index is -0.173. The second-order valence-corrected chi connectivity index (χ2v) is 6.08. The van der Waals surface area contributed by atoms with Crippen LogP contribution in [0.2, 0.25) is 0 Å². The van der Waals surface area contributed by atoms with Gasteiger partial charge in [-0.05, 0) is 31.2 Å². The molecule has 134 valence electrons. The van der Waals surface area contributed by atoms with Crippen LogP contribution in [0, 0.1) is 0 Å². The van der Waals surface area contributed by atoms with Gasteiger partial charge in [0.15, 0.2) is 0 Å². The van der Waals surface area contributed by atoms with Crippen LogP contribution in [0.5, 0.6) is 5.75 Å². The van der Waals surface area contributed by atoms with Gasteiger partial charge in [-0.15, -0.1) is 0 Å².